The lowest BCUT2D eigenvalue weighted by molar-refractivity contribution is -0.890. The van der Waals surface area contributed by atoms with Crippen molar-refractivity contribution in [3.63, 3.8) is 0 Å². The maximum absolute atomic E-state index is 11.2. The summed E-state index contributed by atoms with van der Waals surface area (Å²) in [6.07, 6.45) is 3.49. The van der Waals surface area contributed by atoms with E-state index in [1.165, 1.54) is 0 Å². The van der Waals surface area contributed by atoms with Crippen LogP contribution in [0, 0.1) is 0 Å². The molecule has 5 heteroatoms. The first-order valence-corrected chi connectivity index (χ1v) is 7.09. The number of esters is 1. The number of carbonyl (C=O) groups excluding carboxylic acids is 2. The van der Waals surface area contributed by atoms with Crippen molar-refractivity contribution < 1.29 is 23.9 Å². The average Bonchev–Trinajstić information content (AvgIpc) is 2.33. The third-order valence-corrected chi connectivity index (χ3v) is 3.13. The number of nitrogens with zero attached hydrogens (tertiary/aromatic N) is 1. The summed E-state index contributed by atoms with van der Waals surface area (Å²) in [4.78, 5) is 21.5. The van der Waals surface area contributed by atoms with Crippen LogP contribution in [0.15, 0.2) is 12.2 Å². The molecule has 0 unspecified atom stereocenters. The number of carbonyl (C=O) groups is 2. The van der Waals surface area contributed by atoms with Crippen molar-refractivity contribution in [2.24, 2.45) is 0 Å². The predicted octanol–water partition coefficient (Wildman–Crippen LogP) is 0.883. The fourth-order valence-corrected chi connectivity index (χ4v) is 1.85. The van der Waals surface area contributed by atoms with E-state index in [4.69, 9.17) is 4.74 Å². The third-order valence-electron chi connectivity index (χ3n) is 3.13. The molecule has 0 aliphatic heterocycles. The van der Waals surface area contributed by atoms with Crippen LogP contribution >= 0.6 is 0 Å². The van der Waals surface area contributed by atoms with Crippen molar-refractivity contribution in [1.29, 1.82) is 0 Å². The molecule has 0 radical (unpaired) electrons. The highest BCUT2D eigenvalue weighted by atomic mass is 16.5. The van der Waals surface area contributed by atoms with E-state index in [2.05, 4.69) is 20.7 Å². The van der Waals surface area contributed by atoms with Crippen LogP contribution in [0.3, 0.4) is 0 Å². The molecular formula is C15H27NO4. The molecule has 0 aromatic heterocycles. The summed E-state index contributed by atoms with van der Waals surface area (Å²) in [5.74, 6) is -1.31. The second-order valence-corrected chi connectivity index (χ2v) is 5.84. The first-order valence-electron chi connectivity index (χ1n) is 7.09. The molecule has 116 valence electrons. The van der Waals surface area contributed by atoms with E-state index in [1.807, 2.05) is 0 Å². The van der Waals surface area contributed by atoms with Crippen LogP contribution in [0.4, 0.5) is 0 Å². The van der Waals surface area contributed by atoms with Gasteiger partial charge in [-0.05, 0) is 39.0 Å². The van der Waals surface area contributed by atoms with E-state index in [1.54, 1.807) is 6.92 Å². The Kier molecular flexibility index (Phi) is 8.88. The summed E-state index contributed by atoms with van der Waals surface area (Å²) in [5, 5.41) is 10.3. The van der Waals surface area contributed by atoms with Crippen LogP contribution in [0.25, 0.3) is 0 Å². The molecule has 0 N–H and O–H groups in total. The van der Waals surface area contributed by atoms with E-state index in [0.717, 1.165) is 36.8 Å². The van der Waals surface area contributed by atoms with Crippen molar-refractivity contribution in [1.82, 2.24) is 0 Å². The van der Waals surface area contributed by atoms with Crippen LogP contribution < -0.4 is 5.11 Å². The Labute approximate surface area is 121 Å². The fourth-order valence-electron chi connectivity index (χ4n) is 1.85. The molecule has 20 heavy (non-hydrogen) atoms. The molecule has 0 aromatic rings. The van der Waals surface area contributed by atoms with E-state index in [-0.39, 0.29) is 12.4 Å². The highest BCUT2D eigenvalue weighted by Gasteiger charge is 2.14. The largest absolute Gasteiger partial charge is 0.550 e. The van der Waals surface area contributed by atoms with Gasteiger partial charge in [0.25, 0.3) is 0 Å². The highest BCUT2D eigenvalue weighted by molar-refractivity contribution is 5.86. The first-order chi connectivity index (χ1) is 9.24. The maximum Gasteiger partial charge on any atom is 0.333 e. The van der Waals surface area contributed by atoms with Crippen molar-refractivity contribution in [2.45, 2.75) is 39.0 Å². The Hall–Kier alpha value is -1.36. The molecule has 0 aliphatic carbocycles. The Balaban J connectivity index is 3.63. The predicted molar refractivity (Wildman–Crippen MR) is 75.7 cm³/mol. The van der Waals surface area contributed by atoms with Gasteiger partial charge in [0, 0.05) is 11.5 Å². The zero-order valence-corrected chi connectivity index (χ0v) is 12.9. The lowest BCUT2D eigenvalue weighted by Gasteiger charge is -2.30. The number of hydrogen-bond donors (Lipinski definition) is 0. The molecule has 0 bridgehead atoms. The van der Waals surface area contributed by atoms with Crippen LogP contribution in [-0.2, 0) is 14.3 Å². The minimum Gasteiger partial charge on any atom is -0.550 e. The molecular weight excluding hydrogens is 258 g/mol. The molecule has 0 heterocycles. The monoisotopic (exact) mass is 285 g/mol. The third kappa shape index (κ3) is 10.6. The van der Waals surface area contributed by atoms with Crippen LogP contribution in [0.2, 0.25) is 0 Å². The number of hydrogen-bond acceptors (Lipinski definition) is 4. The number of quaternary nitrogens is 1. The van der Waals surface area contributed by atoms with Gasteiger partial charge in [-0.3, -0.25) is 0 Å². The minimum absolute atomic E-state index is 0.136. The number of ether oxygens (including phenoxy) is 1. The fraction of sp³-hybridized carbons (Fsp3) is 0.733. The summed E-state index contributed by atoms with van der Waals surface area (Å²) in [6.45, 7) is 7.51. The normalized spacial score (nSPS) is 11.2. The van der Waals surface area contributed by atoms with Gasteiger partial charge in [0.15, 0.2) is 0 Å². The summed E-state index contributed by atoms with van der Waals surface area (Å²) < 4.78 is 5.87. The second-order valence-electron chi connectivity index (χ2n) is 5.84. The number of rotatable bonds is 11. The molecule has 0 aliphatic rings. The molecule has 0 spiro atoms. The SMILES string of the molecule is C=C(C)C(=O)OCCCC[N+](C)(C)CCCCC(=O)[O-]. The highest BCUT2D eigenvalue weighted by Crippen LogP contribution is 2.06. The lowest BCUT2D eigenvalue weighted by atomic mass is 10.2. The van der Waals surface area contributed by atoms with Crippen LogP contribution in [0.5, 0.6) is 0 Å². The van der Waals surface area contributed by atoms with Gasteiger partial charge < -0.3 is 19.1 Å². The molecule has 0 fully saturated rings. The van der Waals surface area contributed by atoms with Crippen LogP contribution in [-0.4, -0.2) is 50.2 Å². The average molecular weight is 285 g/mol. The zero-order valence-electron chi connectivity index (χ0n) is 12.9. The Morgan fingerprint density at radius 1 is 1.10 bits per heavy atom. The molecule has 0 rings (SSSR count). The smallest absolute Gasteiger partial charge is 0.333 e. The molecule has 0 saturated heterocycles. The molecule has 0 atom stereocenters. The van der Waals surface area contributed by atoms with Gasteiger partial charge in [0.2, 0.25) is 0 Å². The lowest BCUT2D eigenvalue weighted by Crippen LogP contribution is -2.41. The van der Waals surface area contributed by atoms with Gasteiger partial charge in [-0.2, -0.15) is 0 Å². The van der Waals surface area contributed by atoms with E-state index in [0.29, 0.717) is 18.6 Å². The van der Waals surface area contributed by atoms with Crippen molar-refractivity contribution in [2.75, 3.05) is 33.8 Å². The number of aliphatic carboxylic acids is 1. The van der Waals surface area contributed by atoms with Crippen molar-refractivity contribution >= 4 is 11.9 Å². The molecule has 0 amide bonds. The topological polar surface area (TPSA) is 66.4 Å². The quantitative estimate of drug-likeness (QED) is 0.245. The van der Waals surface area contributed by atoms with Gasteiger partial charge >= 0.3 is 5.97 Å². The van der Waals surface area contributed by atoms with Crippen LogP contribution in [0.1, 0.15) is 39.0 Å². The number of carboxylic acid groups (broad SMARTS) is 1. The summed E-state index contributed by atoms with van der Waals surface area (Å²) in [5.41, 5.74) is 0.425. The van der Waals surface area contributed by atoms with Gasteiger partial charge in [-0.25, -0.2) is 4.79 Å². The first kappa shape index (κ1) is 18.6. The van der Waals surface area contributed by atoms with E-state index in [9.17, 15) is 14.7 Å². The van der Waals surface area contributed by atoms with Gasteiger partial charge in [-0.1, -0.05) is 6.58 Å². The summed E-state index contributed by atoms with van der Waals surface area (Å²) in [6, 6.07) is 0. The van der Waals surface area contributed by atoms with Crippen molar-refractivity contribution in [3.05, 3.63) is 12.2 Å². The summed E-state index contributed by atoms with van der Waals surface area (Å²) >= 11 is 0. The summed E-state index contributed by atoms with van der Waals surface area (Å²) in [7, 11) is 4.25. The molecule has 5 nitrogen and oxygen atoms in total. The Bertz CT molecular complexity index is 337. The number of unbranched alkanes of at least 4 members (excludes halogenated alkanes) is 2. The standard InChI is InChI=1S/C15H27NO4/c1-13(2)15(19)20-12-8-7-11-16(3,4)10-6-5-9-14(17)18/h1,5-12H2,2-4H3. The minimum atomic E-state index is -0.977. The van der Waals surface area contributed by atoms with Gasteiger partial charge in [0.1, 0.15) is 0 Å². The Morgan fingerprint density at radius 3 is 2.15 bits per heavy atom. The molecule has 0 aromatic carbocycles. The van der Waals surface area contributed by atoms with E-state index >= 15 is 0 Å². The Morgan fingerprint density at radius 2 is 1.65 bits per heavy atom. The van der Waals surface area contributed by atoms with Gasteiger partial charge in [-0.15, -0.1) is 0 Å². The number of carboxylic acids is 1. The second kappa shape index (κ2) is 9.53. The molecule has 0 saturated carbocycles. The zero-order chi connectivity index (χ0) is 15.6. The van der Waals surface area contributed by atoms with Crippen molar-refractivity contribution in [3.8, 4) is 0 Å². The maximum atomic E-state index is 11.2. The van der Waals surface area contributed by atoms with E-state index < -0.39 is 5.97 Å². The van der Waals surface area contributed by atoms with Gasteiger partial charge in [0.05, 0.1) is 33.8 Å².